The van der Waals surface area contributed by atoms with Crippen molar-refractivity contribution in [2.24, 2.45) is 0 Å². The zero-order chi connectivity index (χ0) is 17.2. The smallest absolute Gasteiger partial charge is 0.264 e. The molecule has 1 saturated heterocycles. The first kappa shape index (κ1) is 16.8. The Morgan fingerprint density at radius 1 is 1.32 bits per heavy atom. The van der Waals surface area contributed by atoms with Crippen LogP contribution in [0.2, 0.25) is 0 Å². The number of nitrogens with zero attached hydrogens (tertiary/aromatic N) is 2. The first-order chi connectivity index (χ1) is 12.2. The van der Waals surface area contributed by atoms with Crippen molar-refractivity contribution in [3.05, 3.63) is 38.8 Å². The molecular formula is C19H25N3O2S. The van der Waals surface area contributed by atoms with E-state index in [1.807, 2.05) is 19.2 Å². The van der Waals surface area contributed by atoms with Crippen LogP contribution < -0.4 is 0 Å². The van der Waals surface area contributed by atoms with Crippen LogP contribution >= 0.6 is 11.3 Å². The van der Waals surface area contributed by atoms with Crippen molar-refractivity contribution in [2.45, 2.75) is 57.6 Å². The second-order valence-electron chi connectivity index (χ2n) is 7.05. The maximum Gasteiger partial charge on any atom is 0.264 e. The van der Waals surface area contributed by atoms with Gasteiger partial charge in [0.15, 0.2) is 0 Å². The van der Waals surface area contributed by atoms with E-state index in [1.165, 1.54) is 35.4 Å². The summed E-state index contributed by atoms with van der Waals surface area (Å²) in [6.07, 6.45) is 8.22. The lowest BCUT2D eigenvalue weighted by Crippen LogP contribution is -2.26. The van der Waals surface area contributed by atoms with E-state index in [0.717, 1.165) is 42.9 Å². The molecule has 4 rings (SSSR count). The van der Waals surface area contributed by atoms with Gasteiger partial charge in [0.1, 0.15) is 0 Å². The molecule has 1 atom stereocenters. The summed E-state index contributed by atoms with van der Waals surface area (Å²) >= 11 is 1.57. The highest BCUT2D eigenvalue weighted by molar-refractivity contribution is 7.14. The fourth-order valence-electron chi connectivity index (χ4n) is 3.78. The van der Waals surface area contributed by atoms with Crippen molar-refractivity contribution in [1.29, 1.82) is 0 Å². The maximum atomic E-state index is 12.8. The molecule has 0 saturated carbocycles. The standard InChI is InChI=1S/C19H25N3O2S/c1-22(12-15-13-6-3-2-4-7-14(13)20-21-15)19(23)18-10-9-17(25-18)16-8-5-11-24-16/h9-10,16H,2-8,11-12H2,1H3,(H,20,21)/t16-/m1/s1. The average Bonchev–Trinajstić information content (AvgIpc) is 3.33. The molecule has 1 fully saturated rings. The Morgan fingerprint density at radius 2 is 2.20 bits per heavy atom. The van der Waals surface area contributed by atoms with Gasteiger partial charge < -0.3 is 9.64 Å². The highest BCUT2D eigenvalue weighted by atomic mass is 32.1. The lowest BCUT2D eigenvalue weighted by Gasteiger charge is -2.16. The summed E-state index contributed by atoms with van der Waals surface area (Å²) < 4.78 is 5.72. The van der Waals surface area contributed by atoms with Gasteiger partial charge in [-0.05, 0) is 56.2 Å². The molecule has 2 aromatic heterocycles. The number of aromatic nitrogens is 2. The Labute approximate surface area is 152 Å². The van der Waals surface area contributed by atoms with Crippen LogP contribution in [-0.4, -0.2) is 34.7 Å². The second kappa shape index (κ2) is 7.30. The van der Waals surface area contributed by atoms with Gasteiger partial charge in [-0.25, -0.2) is 0 Å². The lowest BCUT2D eigenvalue weighted by molar-refractivity contribution is 0.0788. The number of ether oxygens (including phenoxy) is 1. The highest BCUT2D eigenvalue weighted by Gasteiger charge is 2.23. The Hall–Kier alpha value is -1.66. The normalized spacial score (nSPS) is 20.3. The third-order valence-corrected chi connectivity index (χ3v) is 6.38. The van der Waals surface area contributed by atoms with Crippen molar-refractivity contribution >= 4 is 17.2 Å². The molecule has 1 aliphatic heterocycles. The van der Waals surface area contributed by atoms with Gasteiger partial charge in [-0.3, -0.25) is 9.89 Å². The monoisotopic (exact) mass is 359 g/mol. The van der Waals surface area contributed by atoms with Gasteiger partial charge in [0.05, 0.1) is 23.2 Å². The number of hydrogen-bond donors (Lipinski definition) is 1. The molecule has 1 amide bonds. The summed E-state index contributed by atoms with van der Waals surface area (Å²) in [7, 11) is 1.87. The fourth-order valence-corrected chi connectivity index (χ4v) is 4.87. The van der Waals surface area contributed by atoms with E-state index in [0.29, 0.717) is 6.54 Å². The maximum absolute atomic E-state index is 12.8. The number of fused-ring (bicyclic) bond motifs is 1. The zero-order valence-corrected chi connectivity index (χ0v) is 15.5. The number of H-pyrrole nitrogens is 1. The summed E-state index contributed by atoms with van der Waals surface area (Å²) in [6.45, 7) is 1.40. The Balaban J connectivity index is 1.45. The number of hydrogen-bond acceptors (Lipinski definition) is 4. The van der Waals surface area contributed by atoms with Crippen molar-refractivity contribution < 1.29 is 9.53 Å². The number of aromatic amines is 1. The van der Waals surface area contributed by atoms with Crippen LogP contribution in [0, 0.1) is 0 Å². The molecule has 6 heteroatoms. The number of amides is 1. The minimum absolute atomic E-state index is 0.0691. The molecule has 0 spiro atoms. The van der Waals surface area contributed by atoms with Gasteiger partial charge in [0.25, 0.3) is 5.91 Å². The molecule has 1 N–H and O–H groups in total. The largest absolute Gasteiger partial charge is 0.373 e. The van der Waals surface area contributed by atoms with Gasteiger partial charge in [-0.15, -0.1) is 11.3 Å². The summed E-state index contributed by atoms with van der Waals surface area (Å²) in [6, 6.07) is 3.98. The molecule has 1 aliphatic carbocycles. The minimum atomic E-state index is 0.0691. The molecular weight excluding hydrogens is 334 g/mol. The zero-order valence-electron chi connectivity index (χ0n) is 14.7. The molecule has 3 heterocycles. The number of nitrogens with one attached hydrogen (secondary N) is 1. The van der Waals surface area contributed by atoms with E-state index in [9.17, 15) is 4.79 Å². The first-order valence-corrected chi connectivity index (χ1v) is 10.1. The van der Waals surface area contributed by atoms with Crippen LogP contribution in [-0.2, 0) is 24.1 Å². The summed E-state index contributed by atoms with van der Waals surface area (Å²) in [5, 5.41) is 7.68. The molecule has 2 aliphatic rings. The lowest BCUT2D eigenvalue weighted by atomic mass is 10.1. The third kappa shape index (κ3) is 3.51. The van der Waals surface area contributed by atoms with Crippen LogP contribution in [0.3, 0.4) is 0 Å². The van der Waals surface area contributed by atoms with E-state index in [1.54, 1.807) is 16.2 Å². The van der Waals surface area contributed by atoms with Crippen molar-refractivity contribution in [2.75, 3.05) is 13.7 Å². The molecule has 0 aromatic carbocycles. The molecule has 0 radical (unpaired) electrons. The highest BCUT2D eigenvalue weighted by Crippen LogP contribution is 2.33. The SMILES string of the molecule is CN(Cc1n[nH]c2c1CCCCC2)C(=O)c1ccc([C@H]2CCCO2)s1. The number of carbonyl (C=O) groups is 1. The second-order valence-corrected chi connectivity index (χ2v) is 8.17. The number of thiophene rings is 1. The summed E-state index contributed by atoms with van der Waals surface area (Å²) in [5.41, 5.74) is 3.64. The minimum Gasteiger partial charge on any atom is -0.373 e. The predicted octanol–water partition coefficient (Wildman–Crippen LogP) is 3.86. The van der Waals surface area contributed by atoms with Gasteiger partial charge in [0, 0.05) is 24.2 Å². The van der Waals surface area contributed by atoms with Crippen LogP contribution in [0.15, 0.2) is 12.1 Å². The average molecular weight is 359 g/mol. The molecule has 134 valence electrons. The molecule has 2 aromatic rings. The van der Waals surface area contributed by atoms with Crippen LogP contribution in [0.4, 0.5) is 0 Å². The van der Waals surface area contributed by atoms with Crippen LogP contribution in [0.5, 0.6) is 0 Å². The van der Waals surface area contributed by atoms with E-state index in [2.05, 4.69) is 10.2 Å². The predicted molar refractivity (Wildman–Crippen MR) is 97.9 cm³/mol. The van der Waals surface area contributed by atoms with Crippen molar-refractivity contribution in [3.63, 3.8) is 0 Å². The summed E-state index contributed by atoms with van der Waals surface area (Å²) in [5.74, 6) is 0.0691. The van der Waals surface area contributed by atoms with Gasteiger partial charge in [-0.2, -0.15) is 5.10 Å². The molecule has 5 nitrogen and oxygen atoms in total. The van der Waals surface area contributed by atoms with Crippen molar-refractivity contribution in [1.82, 2.24) is 15.1 Å². The Morgan fingerprint density at radius 3 is 3.04 bits per heavy atom. The van der Waals surface area contributed by atoms with E-state index >= 15 is 0 Å². The number of rotatable bonds is 4. The van der Waals surface area contributed by atoms with E-state index in [-0.39, 0.29) is 12.0 Å². The topological polar surface area (TPSA) is 58.2 Å². The van der Waals surface area contributed by atoms with Gasteiger partial charge in [-0.1, -0.05) is 6.42 Å². The van der Waals surface area contributed by atoms with Crippen LogP contribution in [0.25, 0.3) is 0 Å². The quantitative estimate of drug-likeness (QED) is 0.843. The van der Waals surface area contributed by atoms with Gasteiger partial charge >= 0.3 is 0 Å². The van der Waals surface area contributed by atoms with Gasteiger partial charge in [0.2, 0.25) is 0 Å². The van der Waals surface area contributed by atoms with E-state index < -0.39 is 0 Å². The number of carbonyl (C=O) groups excluding carboxylic acids is 1. The molecule has 25 heavy (non-hydrogen) atoms. The first-order valence-electron chi connectivity index (χ1n) is 9.24. The Bertz CT molecular complexity index is 746. The van der Waals surface area contributed by atoms with E-state index in [4.69, 9.17) is 4.74 Å². The molecule has 0 bridgehead atoms. The third-order valence-electron chi connectivity index (χ3n) is 5.21. The fraction of sp³-hybridized carbons (Fsp3) is 0.579. The van der Waals surface area contributed by atoms with Crippen LogP contribution in [0.1, 0.15) is 69.7 Å². The number of aryl methyl sites for hydroxylation is 1. The van der Waals surface area contributed by atoms with Crippen molar-refractivity contribution in [3.8, 4) is 0 Å². The summed E-state index contributed by atoms with van der Waals surface area (Å²) in [4.78, 5) is 16.5. The Kier molecular flexibility index (Phi) is 4.90. The molecule has 0 unspecified atom stereocenters.